The number of amidine groups is 1. The molecule has 0 spiro atoms. The minimum Gasteiger partial charge on any atom is -0.508 e. The molecule has 0 saturated heterocycles. The lowest BCUT2D eigenvalue weighted by atomic mass is 10.2. The summed E-state index contributed by atoms with van der Waals surface area (Å²) < 4.78 is 13.3. The molecule has 0 aliphatic carbocycles. The smallest absolute Gasteiger partial charge is 0.164 e. The number of aromatic hydroxyl groups is 1. The van der Waals surface area contributed by atoms with Gasteiger partial charge in [-0.25, -0.2) is 4.39 Å². The summed E-state index contributed by atoms with van der Waals surface area (Å²) in [6.07, 6.45) is 0. The van der Waals surface area contributed by atoms with Crippen LogP contribution in [0.4, 0.5) is 4.39 Å². The van der Waals surface area contributed by atoms with Gasteiger partial charge in [0.1, 0.15) is 11.6 Å². The molecule has 0 saturated carbocycles. The van der Waals surface area contributed by atoms with Crippen molar-refractivity contribution in [2.45, 2.75) is 39.3 Å². The number of halogens is 1. The molecular formula is C26H31FN2O2S. The predicted molar refractivity (Wildman–Crippen MR) is 132 cm³/mol. The molecule has 0 radical (unpaired) electrons. The zero-order chi connectivity index (χ0) is 22.2. The van der Waals surface area contributed by atoms with E-state index < -0.39 is 0 Å². The molecule has 0 unspecified atom stereocenters. The number of aryl methyl sites for hydroxylation is 2. The van der Waals surface area contributed by atoms with Crippen molar-refractivity contribution in [1.29, 1.82) is 0 Å². The molecule has 0 amide bonds. The van der Waals surface area contributed by atoms with Gasteiger partial charge in [0.25, 0.3) is 0 Å². The number of rotatable bonds is 7. The van der Waals surface area contributed by atoms with Crippen molar-refractivity contribution in [3.8, 4) is 5.75 Å². The summed E-state index contributed by atoms with van der Waals surface area (Å²) >= 11 is 1.55. The molecular weight excluding hydrogens is 423 g/mol. The summed E-state index contributed by atoms with van der Waals surface area (Å²) in [7, 11) is 0. The van der Waals surface area contributed by atoms with E-state index in [1.54, 1.807) is 42.1 Å². The molecule has 0 aliphatic rings. The van der Waals surface area contributed by atoms with Crippen LogP contribution in [0.15, 0.2) is 76.6 Å². The number of hydrogen-bond acceptors (Lipinski definition) is 4. The third kappa shape index (κ3) is 7.39. The number of aliphatic imine (C=N–C) groups is 1. The number of phenolic OH excluding ortho intramolecular Hbond substituents is 1. The summed E-state index contributed by atoms with van der Waals surface area (Å²) in [5.41, 5.74) is 4.17. The molecule has 170 valence electrons. The first-order valence-corrected chi connectivity index (χ1v) is 10.9. The van der Waals surface area contributed by atoms with Crippen LogP contribution in [0.2, 0.25) is 0 Å². The minimum absolute atomic E-state index is 0. The SMILES string of the molecule is C.Cc1ccc(SC(=NCc2ccc(F)cc2)N(CCO)Cc2cccc(O)c2)c(C)c1. The van der Waals surface area contributed by atoms with Gasteiger partial charge < -0.3 is 15.1 Å². The van der Waals surface area contributed by atoms with Gasteiger partial charge in [-0.3, -0.25) is 4.99 Å². The Morgan fingerprint density at radius 2 is 1.75 bits per heavy atom. The van der Waals surface area contributed by atoms with Crippen molar-refractivity contribution < 1.29 is 14.6 Å². The Morgan fingerprint density at radius 1 is 1.00 bits per heavy atom. The van der Waals surface area contributed by atoms with E-state index in [1.807, 2.05) is 11.0 Å². The molecule has 0 aliphatic heterocycles. The topological polar surface area (TPSA) is 56.1 Å². The van der Waals surface area contributed by atoms with Crippen LogP contribution in [0.1, 0.15) is 29.7 Å². The van der Waals surface area contributed by atoms with Crippen molar-refractivity contribution in [2.24, 2.45) is 4.99 Å². The van der Waals surface area contributed by atoms with Gasteiger partial charge in [0.2, 0.25) is 0 Å². The van der Waals surface area contributed by atoms with Crippen molar-refractivity contribution >= 4 is 16.9 Å². The fraction of sp³-hybridized carbons (Fsp3) is 0.269. The Bertz CT molecular complexity index is 1040. The van der Waals surface area contributed by atoms with E-state index in [4.69, 9.17) is 4.99 Å². The summed E-state index contributed by atoms with van der Waals surface area (Å²) in [4.78, 5) is 7.92. The predicted octanol–water partition coefficient (Wildman–Crippen LogP) is 5.93. The minimum atomic E-state index is -0.275. The highest BCUT2D eigenvalue weighted by Crippen LogP contribution is 2.27. The zero-order valence-corrected chi connectivity index (χ0v) is 18.6. The maximum Gasteiger partial charge on any atom is 0.164 e. The molecule has 0 heterocycles. The first kappa shape index (κ1) is 25.4. The molecule has 0 aromatic heterocycles. The molecule has 3 aromatic carbocycles. The van der Waals surface area contributed by atoms with Gasteiger partial charge in [0, 0.05) is 18.0 Å². The normalized spacial score (nSPS) is 11.2. The second-order valence-electron chi connectivity index (χ2n) is 7.41. The number of nitrogens with zero attached hydrogens (tertiary/aromatic N) is 2. The Kier molecular flexibility index (Phi) is 9.75. The molecule has 0 bridgehead atoms. The highest BCUT2D eigenvalue weighted by atomic mass is 32.2. The average molecular weight is 455 g/mol. The Labute approximate surface area is 194 Å². The van der Waals surface area contributed by atoms with Crippen LogP contribution in [-0.2, 0) is 13.1 Å². The zero-order valence-electron chi connectivity index (χ0n) is 17.8. The molecule has 3 rings (SSSR count). The lowest BCUT2D eigenvalue weighted by Crippen LogP contribution is -2.31. The van der Waals surface area contributed by atoms with Crippen LogP contribution in [0.25, 0.3) is 0 Å². The molecule has 6 heteroatoms. The fourth-order valence-electron chi connectivity index (χ4n) is 3.20. The van der Waals surface area contributed by atoms with Gasteiger partial charge in [0.05, 0.1) is 13.2 Å². The van der Waals surface area contributed by atoms with Gasteiger partial charge in [-0.15, -0.1) is 0 Å². The summed E-state index contributed by atoms with van der Waals surface area (Å²) in [6.45, 7) is 5.39. The van der Waals surface area contributed by atoms with E-state index in [1.165, 1.54) is 17.7 Å². The van der Waals surface area contributed by atoms with Gasteiger partial charge in [0.15, 0.2) is 5.17 Å². The Morgan fingerprint density at radius 3 is 2.41 bits per heavy atom. The number of benzene rings is 3. The first-order chi connectivity index (χ1) is 14.9. The van der Waals surface area contributed by atoms with Gasteiger partial charge >= 0.3 is 0 Å². The van der Waals surface area contributed by atoms with Crippen LogP contribution >= 0.6 is 11.8 Å². The quantitative estimate of drug-likeness (QED) is 0.264. The van der Waals surface area contributed by atoms with Crippen LogP contribution in [0.5, 0.6) is 5.75 Å². The standard InChI is InChI=1S/C25H27FN2O2S.CH4/c1-18-6-11-24(19(2)14-18)31-25(27-16-20-7-9-22(26)10-8-20)28(12-13-29)17-21-4-3-5-23(30)15-21;/h3-11,14-15,29-30H,12-13,16-17H2,1-2H3;1H4. The van der Waals surface area contributed by atoms with Gasteiger partial charge in [-0.2, -0.15) is 0 Å². The third-order valence-electron chi connectivity index (χ3n) is 4.77. The Hall–Kier alpha value is -2.83. The maximum atomic E-state index is 13.3. The van der Waals surface area contributed by atoms with Crippen molar-refractivity contribution in [3.63, 3.8) is 0 Å². The van der Waals surface area contributed by atoms with Crippen LogP contribution < -0.4 is 0 Å². The molecule has 0 fully saturated rings. The molecule has 3 aromatic rings. The van der Waals surface area contributed by atoms with Gasteiger partial charge in [-0.1, -0.05) is 61.2 Å². The Balaban J connectivity index is 0.00000363. The maximum absolute atomic E-state index is 13.3. The average Bonchev–Trinajstić information content (AvgIpc) is 2.73. The van der Waals surface area contributed by atoms with Crippen molar-refractivity contribution in [2.75, 3.05) is 13.2 Å². The third-order valence-corrected chi connectivity index (χ3v) is 6.01. The molecule has 2 N–H and O–H groups in total. The van der Waals surface area contributed by atoms with Gasteiger partial charge in [-0.05, 0) is 60.9 Å². The molecule has 32 heavy (non-hydrogen) atoms. The molecule has 0 atom stereocenters. The second kappa shape index (κ2) is 12.3. The van der Waals surface area contributed by atoms with E-state index in [9.17, 15) is 14.6 Å². The summed E-state index contributed by atoms with van der Waals surface area (Å²) in [6, 6.07) is 19.7. The monoisotopic (exact) mass is 454 g/mol. The lowest BCUT2D eigenvalue weighted by Gasteiger charge is -2.26. The number of aliphatic hydroxyl groups excluding tert-OH is 1. The number of aliphatic hydroxyl groups is 1. The number of hydrogen-bond donors (Lipinski definition) is 2. The summed E-state index contributed by atoms with van der Waals surface area (Å²) in [5, 5.41) is 20.3. The number of phenols is 1. The van der Waals surface area contributed by atoms with Crippen LogP contribution in [0.3, 0.4) is 0 Å². The van der Waals surface area contributed by atoms with E-state index >= 15 is 0 Å². The van der Waals surface area contributed by atoms with E-state index in [2.05, 4.69) is 32.0 Å². The second-order valence-corrected chi connectivity index (χ2v) is 8.42. The van der Waals surface area contributed by atoms with E-state index in [0.29, 0.717) is 19.6 Å². The first-order valence-electron chi connectivity index (χ1n) is 10.1. The highest BCUT2D eigenvalue weighted by Gasteiger charge is 2.15. The van der Waals surface area contributed by atoms with Crippen LogP contribution in [-0.4, -0.2) is 33.4 Å². The highest BCUT2D eigenvalue weighted by molar-refractivity contribution is 8.13. The van der Waals surface area contributed by atoms with Crippen LogP contribution in [0, 0.1) is 19.7 Å². The summed E-state index contributed by atoms with van der Waals surface area (Å²) in [5.74, 6) is -0.0725. The number of thioether (sulfide) groups is 1. The fourth-order valence-corrected chi connectivity index (χ4v) is 4.16. The lowest BCUT2D eigenvalue weighted by molar-refractivity contribution is 0.248. The molecule has 4 nitrogen and oxygen atoms in total. The largest absolute Gasteiger partial charge is 0.508 e. The van der Waals surface area contributed by atoms with Crippen molar-refractivity contribution in [3.05, 3.63) is 94.8 Å². The van der Waals surface area contributed by atoms with E-state index in [-0.39, 0.29) is 25.6 Å². The van der Waals surface area contributed by atoms with E-state index in [0.717, 1.165) is 26.8 Å². The van der Waals surface area contributed by atoms with Crippen molar-refractivity contribution in [1.82, 2.24) is 4.90 Å².